The maximum absolute atomic E-state index is 11.2. The first kappa shape index (κ1) is 12.0. The van der Waals surface area contributed by atoms with Crippen molar-refractivity contribution in [2.24, 2.45) is 0 Å². The Kier molecular flexibility index (Phi) is 4.08. The number of hydrogen-bond acceptors (Lipinski definition) is 5. The minimum atomic E-state index is -0.485. The molecule has 2 rings (SSSR count). The molecule has 0 radical (unpaired) electrons. The number of likely N-dealkylation sites (tertiary alicyclic amines) is 1. The highest BCUT2D eigenvalue weighted by atomic mass is 16.5. The first-order valence-corrected chi connectivity index (χ1v) is 6.00. The second-order valence-corrected chi connectivity index (χ2v) is 4.23. The number of esters is 1. The van der Waals surface area contributed by atoms with Crippen molar-refractivity contribution in [3.8, 4) is 0 Å². The lowest BCUT2D eigenvalue weighted by Crippen LogP contribution is -2.32. The highest BCUT2D eigenvalue weighted by Gasteiger charge is 2.13. The fraction of sp³-hybridized carbons (Fsp3) is 0.727. The molecule has 1 saturated heterocycles. The number of ether oxygens (including phenoxy) is 1. The van der Waals surface area contributed by atoms with Gasteiger partial charge in [-0.25, -0.2) is 9.78 Å². The zero-order valence-corrected chi connectivity index (χ0v) is 10.1. The van der Waals surface area contributed by atoms with Gasteiger partial charge in [-0.1, -0.05) is 6.42 Å². The third-order valence-electron chi connectivity index (χ3n) is 3.00. The average Bonchev–Trinajstić information content (AvgIpc) is 2.85. The van der Waals surface area contributed by atoms with E-state index in [4.69, 9.17) is 0 Å². The Bertz CT molecular complexity index is 371. The molecule has 94 valence electrons. The van der Waals surface area contributed by atoms with Crippen LogP contribution in [0.1, 0.15) is 29.9 Å². The summed E-state index contributed by atoms with van der Waals surface area (Å²) in [7, 11) is 1.33. The molecule has 6 nitrogen and oxygen atoms in total. The van der Waals surface area contributed by atoms with Gasteiger partial charge in [0.1, 0.15) is 6.33 Å². The minimum absolute atomic E-state index is 0.131. The molecule has 0 bridgehead atoms. The van der Waals surface area contributed by atoms with Crippen LogP contribution in [0.25, 0.3) is 0 Å². The number of hydrogen-bond donors (Lipinski definition) is 0. The highest BCUT2D eigenvalue weighted by Crippen LogP contribution is 2.08. The fourth-order valence-electron chi connectivity index (χ4n) is 2.01. The summed E-state index contributed by atoms with van der Waals surface area (Å²) in [5.41, 5.74) is 0. The van der Waals surface area contributed by atoms with Crippen LogP contribution >= 0.6 is 0 Å². The number of nitrogens with zero attached hydrogens (tertiary/aromatic N) is 4. The monoisotopic (exact) mass is 238 g/mol. The SMILES string of the molecule is COC(=O)c1ncn(CCN2CCCCC2)n1. The Hall–Kier alpha value is -1.43. The van der Waals surface area contributed by atoms with Crippen molar-refractivity contribution < 1.29 is 9.53 Å². The van der Waals surface area contributed by atoms with Gasteiger partial charge in [-0.2, -0.15) is 0 Å². The molecular weight excluding hydrogens is 220 g/mol. The topological polar surface area (TPSA) is 60.2 Å². The van der Waals surface area contributed by atoms with Gasteiger partial charge in [0.15, 0.2) is 0 Å². The molecule has 1 aromatic rings. The summed E-state index contributed by atoms with van der Waals surface area (Å²) in [5.74, 6) is -0.354. The summed E-state index contributed by atoms with van der Waals surface area (Å²) in [5, 5.41) is 4.07. The van der Waals surface area contributed by atoms with Gasteiger partial charge >= 0.3 is 5.97 Å². The first-order chi connectivity index (χ1) is 8.29. The smallest absolute Gasteiger partial charge is 0.377 e. The van der Waals surface area contributed by atoms with Gasteiger partial charge < -0.3 is 9.64 Å². The largest absolute Gasteiger partial charge is 0.463 e. The van der Waals surface area contributed by atoms with Crippen molar-refractivity contribution in [3.63, 3.8) is 0 Å². The molecule has 6 heteroatoms. The van der Waals surface area contributed by atoms with Crippen LogP contribution in [0, 0.1) is 0 Å². The lowest BCUT2D eigenvalue weighted by atomic mass is 10.1. The van der Waals surface area contributed by atoms with E-state index >= 15 is 0 Å². The molecule has 1 aromatic heterocycles. The van der Waals surface area contributed by atoms with Crippen LogP contribution in [-0.4, -0.2) is 52.4 Å². The van der Waals surface area contributed by atoms with Gasteiger partial charge in [-0.05, 0) is 25.9 Å². The van der Waals surface area contributed by atoms with Crippen molar-refractivity contribution in [1.29, 1.82) is 0 Å². The normalized spacial score (nSPS) is 17.0. The third kappa shape index (κ3) is 3.26. The van der Waals surface area contributed by atoms with Gasteiger partial charge in [0.25, 0.3) is 5.82 Å². The van der Waals surface area contributed by atoms with E-state index < -0.39 is 5.97 Å². The Morgan fingerprint density at radius 2 is 2.12 bits per heavy atom. The van der Waals surface area contributed by atoms with Crippen LogP contribution in [-0.2, 0) is 11.3 Å². The molecule has 1 aliphatic heterocycles. The lowest BCUT2D eigenvalue weighted by molar-refractivity contribution is 0.0586. The van der Waals surface area contributed by atoms with Crippen LogP contribution in [0.5, 0.6) is 0 Å². The van der Waals surface area contributed by atoms with Crippen LogP contribution in [0.2, 0.25) is 0 Å². The number of aromatic nitrogens is 3. The summed E-state index contributed by atoms with van der Waals surface area (Å²) in [6.07, 6.45) is 5.48. The number of methoxy groups -OCH3 is 1. The fourth-order valence-corrected chi connectivity index (χ4v) is 2.01. The summed E-state index contributed by atoms with van der Waals surface area (Å²) >= 11 is 0. The third-order valence-corrected chi connectivity index (χ3v) is 3.00. The molecule has 0 N–H and O–H groups in total. The molecule has 0 atom stereocenters. The zero-order valence-electron chi connectivity index (χ0n) is 10.1. The second-order valence-electron chi connectivity index (χ2n) is 4.23. The highest BCUT2D eigenvalue weighted by molar-refractivity contribution is 5.84. The Labute approximate surface area is 101 Å². The molecule has 0 unspecified atom stereocenters. The molecular formula is C11H18N4O2. The Morgan fingerprint density at radius 3 is 2.82 bits per heavy atom. The van der Waals surface area contributed by atoms with Gasteiger partial charge in [0.2, 0.25) is 0 Å². The minimum Gasteiger partial charge on any atom is -0.463 e. The van der Waals surface area contributed by atoms with Crippen LogP contribution in [0.4, 0.5) is 0 Å². The molecule has 1 aliphatic rings. The van der Waals surface area contributed by atoms with E-state index in [-0.39, 0.29) is 5.82 Å². The van der Waals surface area contributed by atoms with Gasteiger partial charge in [0.05, 0.1) is 13.7 Å². The van der Waals surface area contributed by atoms with Crippen LogP contribution in [0.15, 0.2) is 6.33 Å². The van der Waals surface area contributed by atoms with E-state index in [1.807, 2.05) is 0 Å². The Morgan fingerprint density at radius 1 is 1.35 bits per heavy atom. The predicted molar refractivity (Wildman–Crippen MR) is 61.7 cm³/mol. The second kappa shape index (κ2) is 5.77. The number of piperidine rings is 1. The summed E-state index contributed by atoms with van der Waals surface area (Å²) in [4.78, 5) is 17.5. The number of carbonyl (C=O) groups is 1. The lowest BCUT2D eigenvalue weighted by Gasteiger charge is -2.25. The summed E-state index contributed by atoms with van der Waals surface area (Å²) in [6, 6.07) is 0. The number of rotatable bonds is 4. The van der Waals surface area contributed by atoms with Crippen LogP contribution in [0.3, 0.4) is 0 Å². The first-order valence-electron chi connectivity index (χ1n) is 6.00. The van der Waals surface area contributed by atoms with E-state index in [0.717, 1.165) is 13.1 Å². The van der Waals surface area contributed by atoms with E-state index in [1.54, 1.807) is 11.0 Å². The predicted octanol–water partition coefficient (Wildman–Crippen LogP) is 0.551. The quantitative estimate of drug-likeness (QED) is 0.717. The molecule has 17 heavy (non-hydrogen) atoms. The molecule has 2 heterocycles. The molecule has 0 spiro atoms. The van der Waals surface area contributed by atoms with Crippen LogP contribution < -0.4 is 0 Å². The molecule has 1 fully saturated rings. The molecule has 0 aromatic carbocycles. The van der Waals surface area contributed by atoms with Crippen molar-refractivity contribution in [3.05, 3.63) is 12.2 Å². The van der Waals surface area contributed by atoms with Crippen molar-refractivity contribution in [2.75, 3.05) is 26.7 Å². The van der Waals surface area contributed by atoms with E-state index in [2.05, 4.69) is 19.7 Å². The number of carbonyl (C=O) groups excluding carboxylic acids is 1. The summed E-state index contributed by atoms with van der Waals surface area (Å²) in [6.45, 7) is 4.06. The molecule has 0 aliphatic carbocycles. The maximum atomic E-state index is 11.2. The zero-order chi connectivity index (χ0) is 12.1. The van der Waals surface area contributed by atoms with E-state index in [1.165, 1.54) is 39.5 Å². The van der Waals surface area contributed by atoms with E-state index in [9.17, 15) is 4.79 Å². The van der Waals surface area contributed by atoms with Gasteiger partial charge in [0, 0.05) is 6.54 Å². The van der Waals surface area contributed by atoms with Gasteiger partial charge in [-0.15, -0.1) is 5.10 Å². The molecule has 0 saturated carbocycles. The van der Waals surface area contributed by atoms with Crippen molar-refractivity contribution in [1.82, 2.24) is 19.7 Å². The maximum Gasteiger partial charge on any atom is 0.377 e. The van der Waals surface area contributed by atoms with Crippen molar-refractivity contribution in [2.45, 2.75) is 25.8 Å². The van der Waals surface area contributed by atoms with E-state index in [0.29, 0.717) is 0 Å². The van der Waals surface area contributed by atoms with Gasteiger partial charge in [-0.3, -0.25) is 4.68 Å². The Balaban J connectivity index is 1.82. The average molecular weight is 238 g/mol. The summed E-state index contributed by atoms with van der Waals surface area (Å²) < 4.78 is 6.25. The molecule has 0 amide bonds. The van der Waals surface area contributed by atoms with Crippen molar-refractivity contribution >= 4 is 5.97 Å². The standard InChI is InChI=1S/C11H18N4O2/c1-17-11(16)10-12-9-15(13-10)8-7-14-5-3-2-4-6-14/h9H,2-8H2,1H3.